The molecule has 1 heterocycles. The lowest BCUT2D eigenvalue weighted by molar-refractivity contribution is -0.119. The van der Waals surface area contributed by atoms with Gasteiger partial charge >= 0.3 is 5.97 Å². The number of esters is 1. The van der Waals surface area contributed by atoms with Gasteiger partial charge in [0.1, 0.15) is 0 Å². The van der Waals surface area contributed by atoms with Gasteiger partial charge in [-0.25, -0.2) is 22.9 Å². The first-order valence-corrected chi connectivity index (χ1v) is 10.9. The van der Waals surface area contributed by atoms with Gasteiger partial charge in [0, 0.05) is 12.7 Å². The summed E-state index contributed by atoms with van der Waals surface area (Å²) in [6.07, 6.45) is 1.47. The van der Waals surface area contributed by atoms with Crippen molar-refractivity contribution in [2.75, 3.05) is 11.9 Å². The summed E-state index contributed by atoms with van der Waals surface area (Å²) in [5.41, 5.74) is 1.07. The Hall–Kier alpha value is -3.27. The molecule has 1 aromatic heterocycles. The number of amides is 1. The fourth-order valence-electron chi connectivity index (χ4n) is 2.53. The van der Waals surface area contributed by atoms with Crippen LogP contribution in [0.25, 0.3) is 0 Å². The van der Waals surface area contributed by atoms with Crippen LogP contribution in [0.2, 0.25) is 5.15 Å². The van der Waals surface area contributed by atoms with E-state index in [1.165, 1.54) is 30.5 Å². The first-order valence-electron chi connectivity index (χ1n) is 9.06. The van der Waals surface area contributed by atoms with Crippen molar-refractivity contribution in [3.05, 3.63) is 89.2 Å². The highest BCUT2D eigenvalue weighted by molar-refractivity contribution is 7.89. The van der Waals surface area contributed by atoms with Gasteiger partial charge in [-0.3, -0.25) is 4.79 Å². The number of carbonyl (C=O) groups excluding carboxylic acids is 2. The Bertz CT molecular complexity index is 1190. The van der Waals surface area contributed by atoms with E-state index in [2.05, 4.69) is 15.0 Å². The van der Waals surface area contributed by atoms with Crippen molar-refractivity contribution in [2.24, 2.45) is 0 Å². The van der Waals surface area contributed by atoms with E-state index in [-0.39, 0.29) is 27.8 Å². The molecule has 0 fully saturated rings. The van der Waals surface area contributed by atoms with E-state index < -0.39 is 28.5 Å². The molecule has 0 radical (unpaired) electrons. The summed E-state index contributed by atoms with van der Waals surface area (Å²) in [6, 6.07) is 17.5. The molecular formula is C21H18ClN3O5S. The molecule has 0 spiro atoms. The van der Waals surface area contributed by atoms with Crippen LogP contribution in [0.3, 0.4) is 0 Å². The molecule has 3 rings (SSSR count). The summed E-state index contributed by atoms with van der Waals surface area (Å²) in [7, 11) is -3.85. The number of hydrogen-bond acceptors (Lipinski definition) is 6. The molecule has 8 nitrogen and oxygen atoms in total. The highest BCUT2D eigenvalue weighted by Crippen LogP contribution is 2.17. The second kappa shape index (κ2) is 10.2. The van der Waals surface area contributed by atoms with Crippen molar-refractivity contribution < 1.29 is 22.7 Å². The van der Waals surface area contributed by atoms with Crippen molar-refractivity contribution in [1.29, 1.82) is 0 Å². The minimum absolute atomic E-state index is 0.00482. The van der Waals surface area contributed by atoms with Crippen molar-refractivity contribution in [3.8, 4) is 0 Å². The molecular weight excluding hydrogens is 442 g/mol. The number of halogens is 1. The molecule has 1 amide bonds. The number of benzene rings is 2. The average Bonchev–Trinajstić information content (AvgIpc) is 2.78. The topological polar surface area (TPSA) is 114 Å². The monoisotopic (exact) mass is 459 g/mol. The number of carbonyl (C=O) groups is 2. The summed E-state index contributed by atoms with van der Waals surface area (Å²) in [4.78, 5) is 28.0. The number of anilines is 1. The van der Waals surface area contributed by atoms with Gasteiger partial charge in [0.25, 0.3) is 5.91 Å². The van der Waals surface area contributed by atoms with E-state index in [1.54, 1.807) is 36.4 Å². The molecule has 0 aliphatic heterocycles. The molecule has 0 bridgehead atoms. The minimum Gasteiger partial charge on any atom is -0.452 e. The van der Waals surface area contributed by atoms with E-state index in [9.17, 15) is 18.0 Å². The highest BCUT2D eigenvalue weighted by atomic mass is 35.5. The zero-order valence-electron chi connectivity index (χ0n) is 16.1. The highest BCUT2D eigenvalue weighted by Gasteiger charge is 2.17. The number of hydrogen-bond donors (Lipinski definition) is 2. The predicted octanol–water partition coefficient (Wildman–Crippen LogP) is 3.01. The van der Waals surface area contributed by atoms with Gasteiger partial charge in [-0.05, 0) is 35.9 Å². The second-order valence-electron chi connectivity index (χ2n) is 6.30. The van der Waals surface area contributed by atoms with Crippen LogP contribution >= 0.6 is 11.6 Å². The molecule has 0 saturated heterocycles. The summed E-state index contributed by atoms with van der Waals surface area (Å²) in [6.45, 7) is -0.470. The third-order valence-corrected chi connectivity index (χ3v) is 5.76. The standard InChI is InChI=1S/C21H18ClN3O5S/c22-20-18(10-5-11-23-20)25-19(26)14-30-21(27)16-8-4-9-17(12-16)31(28,29)24-13-15-6-2-1-3-7-15/h1-12,24H,13-14H2,(H,25,26). The number of sulfonamides is 1. The van der Waals surface area contributed by atoms with Gasteiger partial charge in [-0.2, -0.15) is 0 Å². The van der Waals surface area contributed by atoms with Crippen molar-refractivity contribution >= 4 is 39.2 Å². The average molecular weight is 460 g/mol. The first kappa shape index (κ1) is 22.4. The molecule has 0 atom stereocenters. The first-order chi connectivity index (χ1) is 14.8. The van der Waals surface area contributed by atoms with Crippen molar-refractivity contribution in [1.82, 2.24) is 9.71 Å². The SMILES string of the molecule is O=C(COC(=O)c1cccc(S(=O)(=O)NCc2ccccc2)c1)Nc1cccnc1Cl. The normalized spacial score (nSPS) is 11.0. The summed E-state index contributed by atoms with van der Waals surface area (Å²) in [5.74, 6) is -1.45. The minimum atomic E-state index is -3.85. The van der Waals surface area contributed by atoms with Crippen LogP contribution in [0.4, 0.5) is 5.69 Å². The number of ether oxygens (including phenoxy) is 1. The number of nitrogens with one attached hydrogen (secondary N) is 2. The third-order valence-electron chi connectivity index (χ3n) is 4.06. The lowest BCUT2D eigenvalue weighted by Crippen LogP contribution is -2.24. The fraction of sp³-hybridized carbons (Fsp3) is 0.0952. The molecule has 0 aliphatic rings. The largest absolute Gasteiger partial charge is 0.452 e. The van der Waals surface area contributed by atoms with Crippen molar-refractivity contribution in [2.45, 2.75) is 11.4 Å². The Morgan fingerprint density at radius 1 is 1.00 bits per heavy atom. The van der Waals surface area contributed by atoms with Crippen LogP contribution in [0.5, 0.6) is 0 Å². The van der Waals surface area contributed by atoms with E-state index in [1.807, 2.05) is 6.07 Å². The lowest BCUT2D eigenvalue weighted by Gasteiger charge is -2.09. The smallest absolute Gasteiger partial charge is 0.338 e. The number of aromatic nitrogens is 1. The summed E-state index contributed by atoms with van der Waals surface area (Å²) < 4.78 is 32.5. The number of rotatable bonds is 8. The van der Waals surface area contributed by atoms with Crippen LogP contribution in [-0.2, 0) is 26.1 Å². The maximum atomic E-state index is 12.5. The van der Waals surface area contributed by atoms with Gasteiger partial charge in [0.2, 0.25) is 10.0 Å². The van der Waals surface area contributed by atoms with Gasteiger partial charge < -0.3 is 10.1 Å². The second-order valence-corrected chi connectivity index (χ2v) is 8.43. The molecule has 0 unspecified atom stereocenters. The molecule has 31 heavy (non-hydrogen) atoms. The Morgan fingerprint density at radius 2 is 1.77 bits per heavy atom. The molecule has 160 valence electrons. The summed E-state index contributed by atoms with van der Waals surface area (Å²) in [5, 5.41) is 2.57. The molecule has 3 aromatic rings. The Labute approximate surface area is 184 Å². The van der Waals surface area contributed by atoms with Gasteiger partial charge in [-0.15, -0.1) is 0 Å². The lowest BCUT2D eigenvalue weighted by atomic mass is 10.2. The quantitative estimate of drug-likeness (QED) is 0.395. The molecule has 2 N–H and O–H groups in total. The molecule has 2 aromatic carbocycles. The van der Waals surface area contributed by atoms with Gasteiger partial charge in [-0.1, -0.05) is 48.0 Å². The maximum absolute atomic E-state index is 12.5. The van der Waals surface area contributed by atoms with Crippen LogP contribution in [-0.4, -0.2) is 31.9 Å². The zero-order chi connectivity index (χ0) is 22.3. The molecule has 0 saturated carbocycles. The van der Waals surface area contributed by atoms with Gasteiger partial charge in [0.15, 0.2) is 11.8 Å². The van der Waals surface area contributed by atoms with E-state index in [0.29, 0.717) is 0 Å². The van der Waals surface area contributed by atoms with E-state index in [4.69, 9.17) is 16.3 Å². The Balaban J connectivity index is 1.60. The van der Waals surface area contributed by atoms with Crippen LogP contribution in [0, 0.1) is 0 Å². The number of nitrogens with zero attached hydrogens (tertiary/aromatic N) is 1. The number of pyridine rings is 1. The molecule has 0 aliphatic carbocycles. The summed E-state index contributed by atoms with van der Waals surface area (Å²) >= 11 is 5.86. The fourth-order valence-corrected chi connectivity index (χ4v) is 3.76. The zero-order valence-corrected chi connectivity index (χ0v) is 17.7. The maximum Gasteiger partial charge on any atom is 0.338 e. The predicted molar refractivity (Wildman–Crippen MR) is 115 cm³/mol. The van der Waals surface area contributed by atoms with Crippen LogP contribution in [0.15, 0.2) is 77.8 Å². The third kappa shape index (κ3) is 6.35. The van der Waals surface area contributed by atoms with E-state index in [0.717, 1.165) is 5.56 Å². The Morgan fingerprint density at radius 3 is 2.52 bits per heavy atom. The van der Waals surface area contributed by atoms with Crippen LogP contribution < -0.4 is 10.0 Å². The van der Waals surface area contributed by atoms with Crippen molar-refractivity contribution in [3.63, 3.8) is 0 Å². The molecule has 10 heteroatoms. The van der Waals surface area contributed by atoms with Gasteiger partial charge in [0.05, 0.1) is 16.1 Å². The van der Waals surface area contributed by atoms with Crippen LogP contribution in [0.1, 0.15) is 15.9 Å². The Kier molecular flexibility index (Phi) is 7.35. The van der Waals surface area contributed by atoms with E-state index >= 15 is 0 Å².